The Hall–Kier alpha value is -1.67. The largest absolute Gasteiger partial charge is 0.409 e. The predicted molar refractivity (Wildman–Crippen MR) is 79.5 cm³/mol. The van der Waals surface area contributed by atoms with Crippen LogP contribution >= 0.6 is 0 Å². The van der Waals surface area contributed by atoms with Crippen LogP contribution in [0.2, 0.25) is 0 Å². The van der Waals surface area contributed by atoms with E-state index in [9.17, 15) is 12.8 Å². The Labute approximate surface area is 123 Å². The molecule has 118 valence electrons. The van der Waals surface area contributed by atoms with Gasteiger partial charge in [0.05, 0.1) is 4.75 Å². The first-order valence-corrected chi connectivity index (χ1v) is 8.14. The number of hydrogen-bond donors (Lipinski definition) is 3. The minimum absolute atomic E-state index is 0.200. The number of nitrogens with one attached hydrogen (secondary N) is 1. The molecule has 8 heteroatoms. The molecular weight excluding hydrogens is 297 g/mol. The minimum Gasteiger partial charge on any atom is -0.409 e. The Morgan fingerprint density at radius 1 is 1.48 bits per heavy atom. The van der Waals surface area contributed by atoms with Gasteiger partial charge in [0.15, 0.2) is 15.7 Å². The normalized spacial score (nSPS) is 13.4. The molecule has 0 radical (unpaired) electrons. The highest BCUT2D eigenvalue weighted by Crippen LogP contribution is 2.15. The summed E-state index contributed by atoms with van der Waals surface area (Å²) in [5, 5.41) is 14.6. The second-order valence-corrected chi connectivity index (χ2v) is 8.07. The molecule has 0 heterocycles. The summed E-state index contributed by atoms with van der Waals surface area (Å²) in [6, 6.07) is 3.92. The highest BCUT2D eigenvalue weighted by atomic mass is 32.2. The molecular formula is C13H20FN3O3S. The van der Waals surface area contributed by atoms with E-state index in [1.165, 1.54) is 18.4 Å². The number of sulfone groups is 1. The molecule has 0 aliphatic heterocycles. The van der Waals surface area contributed by atoms with Crippen molar-refractivity contribution in [1.82, 2.24) is 5.32 Å². The van der Waals surface area contributed by atoms with Gasteiger partial charge in [0.2, 0.25) is 0 Å². The van der Waals surface area contributed by atoms with E-state index >= 15 is 0 Å². The third-order valence-corrected chi connectivity index (χ3v) is 5.48. The van der Waals surface area contributed by atoms with Crippen LogP contribution in [0.25, 0.3) is 0 Å². The lowest BCUT2D eigenvalue weighted by atomic mass is 10.1. The lowest BCUT2D eigenvalue weighted by Crippen LogP contribution is -2.41. The number of oxime groups is 1. The van der Waals surface area contributed by atoms with Crippen LogP contribution in [-0.4, -0.2) is 37.0 Å². The number of hydrogen-bond acceptors (Lipinski definition) is 5. The Bertz CT molecular complexity index is 642. The van der Waals surface area contributed by atoms with Crippen LogP contribution in [0, 0.1) is 5.82 Å². The number of nitrogens with zero attached hydrogens (tertiary/aromatic N) is 1. The monoisotopic (exact) mass is 317 g/mol. The van der Waals surface area contributed by atoms with E-state index in [0.29, 0.717) is 5.56 Å². The van der Waals surface area contributed by atoms with Crippen LogP contribution < -0.4 is 11.1 Å². The molecule has 6 nitrogen and oxygen atoms in total. The Balaban J connectivity index is 2.86. The fourth-order valence-corrected chi connectivity index (χ4v) is 1.99. The van der Waals surface area contributed by atoms with Gasteiger partial charge in [0.1, 0.15) is 5.82 Å². The quantitative estimate of drug-likeness (QED) is 0.312. The zero-order valence-electron chi connectivity index (χ0n) is 12.2. The molecule has 1 aromatic rings. The van der Waals surface area contributed by atoms with Gasteiger partial charge in [0, 0.05) is 24.9 Å². The van der Waals surface area contributed by atoms with E-state index in [4.69, 9.17) is 10.9 Å². The van der Waals surface area contributed by atoms with Crippen molar-refractivity contribution in [3.8, 4) is 0 Å². The molecule has 0 aromatic heterocycles. The second-order valence-electron chi connectivity index (χ2n) is 5.42. The molecule has 21 heavy (non-hydrogen) atoms. The SMILES string of the molecule is CC(C)(CNCc1ccc(F)cc1C(N)=NO)S(C)(=O)=O. The van der Waals surface area contributed by atoms with Crippen molar-refractivity contribution in [3.63, 3.8) is 0 Å². The Morgan fingerprint density at radius 2 is 2.10 bits per heavy atom. The zero-order valence-corrected chi connectivity index (χ0v) is 13.0. The van der Waals surface area contributed by atoms with Gasteiger partial charge in [-0.25, -0.2) is 12.8 Å². The fraction of sp³-hybridized carbons (Fsp3) is 0.462. The molecule has 0 saturated heterocycles. The molecule has 0 spiro atoms. The highest BCUT2D eigenvalue weighted by molar-refractivity contribution is 7.92. The molecule has 0 aliphatic carbocycles. The summed E-state index contributed by atoms with van der Waals surface area (Å²) in [6.07, 6.45) is 1.18. The van der Waals surface area contributed by atoms with Crippen molar-refractivity contribution in [2.24, 2.45) is 10.9 Å². The maximum Gasteiger partial charge on any atom is 0.170 e. The molecule has 1 aromatic carbocycles. The van der Waals surface area contributed by atoms with Crippen molar-refractivity contribution in [2.45, 2.75) is 25.1 Å². The lowest BCUT2D eigenvalue weighted by Gasteiger charge is -2.23. The Kier molecular flexibility index (Phi) is 5.30. The van der Waals surface area contributed by atoms with Crippen LogP contribution in [0.4, 0.5) is 4.39 Å². The minimum atomic E-state index is -3.21. The van der Waals surface area contributed by atoms with Gasteiger partial charge in [-0.3, -0.25) is 0 Å². The van der Waals surface area contributed by atoms with E-state index in [0.717, 1.165) is 6.07 Å². The smallest absolute Gasteiger partial charge is 0.170 e. The molecule has 0 fully saturated rings. The van der Waals surface area contributed by atoms with Crippen molar-refractivity contribution in [3.05, 3.63) is 35.1 Å². The zero-order chi connectivity index (χ0) is 16.3. The van der Waals surface area contributed by atoms with E-state index < -0.39 is 20.4 Å². The standard InChI is InChI=1S/C13H20FN3O3S/c1-13(2,21(3,19)20)8-16-7-9-4-5-10(14)6-11(9)12(15)17-18/h4-6,16,18H,7-8H2,1-3H3,(H2,15,17). The maximum absolute atomic E-state index is 13.2. The van der Waals surface area contributed by atoms with Crippen LogP contribution in [-0.2, 0) is 16.4 Å². The molecule has 1 rings (SSSR count). The van der Waals surface area contributed by atoms with Crippen molar-refractivity contribution in [2.75, 3.05) is 12.8 Å². The van der Waals surface area contributed by atoms with Gasteiger partial charge in [0.25, 0.3) is 0 Å². The summed E-state index contributed by atoms with van der Waals surface area (Å²) in [5.74, 6) is -0.703. The predicted octanol–water partition coefficient (Wildman–Crippen LogP) is 0.833. The van der Waals surface area contributed by atoms with Gasteiger partial charge >= 0.3 is 0 Å². The summed E-state index contributed by atoms with van der Waals surface area (Å²) >= 11 is 0. The fourth-order valence-electron chi connectivity index (χ4n) is 1.62. The van der Waals surface area contributed by atoms with Crippen LogP contribution in [0.5, 0.6) is 0 Å². The van der Waals surface area contributed by atoms with Gasteiger partial charge in [-0.05, 0) is 31.5 Å². The summed E-state index contributed by atoms with van der Waals surface area (Å²) in [4.78, 5) is 0. The van der Waals surface area contributed by atoms with Crippen molar-refractivity contribution >= 4 is 15.7 Å². The van der Waals surface area contributed by atoms with E-state index in [-0.39, 0.29) is 24.5 Å². The third kappa shape index (κ3) is 4.40. The summed E-state index contributed by atoms with van der Waals surface area (Å²) < 4.78 is 35.5. The van der Waals surface area contributed by atoms with Gasteiger partial charge in [-0.2, -0.15) is 0 Å². The first-order chi connectivity index (χ1) is 9.58. The number of rotatable bonds is 6. The van der Waals surface area contributed by atoms with Gasteiger partial charge in [-0.1, -0.05) is 11.2 Å². The summed E-state index contributed by atoms with van der Waals surface area (Å²) in [7, 11) is -3.21. The summed E-state index contributed by atoms with van der Waals surface area (Å²) in [5.41, 5.74) is 6.37. The lowest BCUT2D eigenvalue weighted by molar-refractivity contribution is 0.318. The van der Waals surface area contributed by atoms with Crippen LogP contribution in [0.3, 0.4) is 0 Å². The van der Waals surface area contributed by atoms with E-state index in [1.807, 2.05) is 0 Å². The molecule has 4 N–H and O–H groups in total. The first-order valence-electron chi connectivity index (χ1n) is 6.25. The van der Waals surface area contributed by atoms with Crippen molar-refractivity contribution in [1.29, 1.82) is 0 Å². The molecule has 0 bridgehead atoms. The average molecular weight is 317 g/mol. The molecule has 0 atom stereocenters. The highest BCUT2D eigenvalue weighted by Gasteiger charge is 2.29. The molecule has 0 amide bonds. The van der Waals surface area contributed by atoms with Gasteiger partial charge in [-0.15, -0.1) is 0 Å². The average Bonchev–Trinajstić information content (AvgIpc) is 2.38. The maximum atomic E-state index is 13.2. The molecule has 0 saturated carbocycles. The first kappa shape index (κ1) is 17.4. The summed E-state index contributed by atoms with van der Waals surface area (Å²) in [6.45, 7) is 3.72. The second kappa shape index (κ2) is 6.40. The number of halogens is 1. The molecule has 0 aliphatic rings. The molecule has 0 unspecified atom stereocenters. The topological polar surface area (TPSA) is 105 Å². The van der Waals surface area contributed by atoms with Gasteiger partial charge < -0.3 is 16.3 Å². The van der Waals surface area contributed by atoms with E-state index in [1.54, 1.807) is 13.8 Å². The Morgan fingerprint density at radius 3 is 2.62 bits per heavy atom. The number of nitrogens with two attached hydrogens (primary N) is 1. The van der Waals surface area contributed by atoms with Crippen molar-refractivity contribution < 1.29 is 18.0 Å². The number of benzene rings is 1. The van der Waals surface area contributed by atoms with E-state index in [2.05, 4.69) is 10.5 Å². The third-order valence-electron chi connectivity index (χ3n) is 3.33. The van der Waals surface area contributed by atoms with Crippen LogP contribution in [0.15, 0.2) is 23.4 Å². The van der Waals surface area contributed by atoms with Crippen LogP contribution in [0.1, 0.15) is 25.0 Å². The number of amidine groups is 1.